The monoisotopic (exact) mass is 412 g/mol. The maximum atomic E-state index is 13.0. The Morgan fingerprint density at radius 2 is 1.72 bits per heavy atom. The molecular weight excluding hydrogens is 384 g/mol. The Morgan fingerprint density at radius 3 is 2.41 bits per heavy atom. The van der Waals surface area contributed by atoms with Crippen molar-refractivity contribution < 1.29 is 9.53 Å². The summed E-state index contributed by atoms with van der Waals surface area (Å²) in [6.45, 7) is 2.79. The lowest BCUT2D eigenvalue weighted by molar-refractivity contribution is -0.134. The molecule has 2 aromatic carbocycles. The number of β-lactam (4-membered cyclic amide) rings is 1. The van der Waals surface area contributed by atoms with Crippen LogP contribution in [0.2, 0.25) is 5.02 Å². The second kappa shape index (κ2) is 9.19. The number of hydrogen-bond donors (Lipinski definition) is 1. The lowest BCUT2D eigenvalue weighted by Gasteiger charge is -2.47. The lowest BCUT2D eigenvalue weighted by atomic mass is 9.94. The van der Waals surface area contributed by atoms with E-state index < -0.39 is 6.10 Å². The number of nitrogens with one attached hydrogen (secondary N) is 1. The van der Waals surface area contributed by atoms with E-state index in [1.165, 1.54) is 38.5 Å². The van der Waals surface area contributed by atoms with E-state index in [1.807, 2.05) is 48.2 Å². The van der Waals surface area contributed by atoms with Gasteiger partial charge in [-0.05, 0) is 55.7 Å². The van der Waals surface area contributed by atoms with Gasteiger partial charge in [0.25, 0.3) is 5.91 Å². The van der Waals surface area contributed by atoms with Crippen molar-refractivity contribution in [3.8, 4) is 5.75 Å². The molecule has 1 aliphatic carbocycles. The largest absolute Gasteiger partial charge is 0.478 e. The number of rotatable bonds is 6. The zero-order valence-electron chi connectivity index (χ0n) is 16.9. The Balaban J connectivity index is 1.50. The van der Waals surface area contributed by atoms with Crippen molar-refractivity contribution in [1.29, 1.82) is 0 Å². The van der Waals surface area contributed by atoms with Gasteiger partial charge in [-0.3, -0.25) is 4.79 Å². The highest BCUT2D eigenvalue weighted by atomic mass is 35.5. The summed E-state index contributed by atoms with van der Waals surface area (Å²) >= 11 is 5.98. The summed E-state index contributed by atoms with van der Waals surface area (Å²) in [6, 6.07) is 15.8. The van der Waals surface area contributed by atoms with Crippen molar-refractivity contribution in [2.75, 3.05) is 11.4 Å². The van der Waals surface area contributed by atoms with E-state index >= 15 is 0 Å². The van der Waals surface area contributed by atoms with E-state index in [2.05, 4.69) is 5.32 Å². The van der Waals surface area contributed by atoms with Gasteiger partial charge in [-0.15, -0.1) is 0 Å². The van der Waals surface area contributed by atoms with Gasteiger partial charge in [0.05, 0.1) is 6.04 Å². The van der Waals surface area contributed by atoms with Crippen LogP contribution in [-0.4, -0.2) is 30.6 Å². The van der Waals surface area contributed by atoms with Gasteiger partial charge in [0.1, 0.15) is 5.75 Å². The van der Waals surface area contributed by atoms with Gasteiger partial charge < -0.3 is 15.0 Å². The van der Waals surface area contributed by atoms with Crippen molar-refractivity contribution in [2.24, 2.45) is 0 Å². The first-order chi connectivity index (χ1) is 14.1. The van der Waals surface area contributed by atoms with E-state index in [0.29, 0.717) is 16.8 Å². The van der Waals surface area contributed by atoms with E-state index in [4.69, 9.17) is 16.3 Å². The van der Waals surface area contributed by atoms with Gasteiger partial charge in [0.2, 0.25) is 0 Å². The maximum absolute atomic E-state index is 13.0. The number of carbonyl (C=O) groups excluding carboxylic acids is 1. The highest BCUT2D eigenvalue weighted by Gasteiger charge is 2.50. The number of benzene rings is 2. The van der Waals surface area contributed by atoms with Crippen LogP contribution in [0.3, 0.4) is 0 Å². The summed E-state index contributed by atoms with van der Waals surface area (Å²) in [6.07, 6.45) is 7.19. The second-order valence-electron chi connectivity index (χ2n) is 8.15. The summed E-state index contributed by atoms with van der Waals surface area (Å²) < 4.78 is 6.10. The predicted octanol–water partition coefficient (Wildman–Crippen LogP) is 5.12. The predicted molar refractivity (Wildman–Crippen MR) is 118 cm³/mol. The molecule has 0 spiro atoms. The number of anilines is 1. The van der Waals surface area contributed by atoms with Crippen LogP contribution < -0.4 is 15.0 Å². The molecule has 0 radical (unpaired) electrons. The Hall–Kier alpha value is -2.04. The maximum Gasteiger partial charge on any atom is 0.270 e. The highest BCUT2D eigenvalue weighted by Crippen LogP contribution is 2.33. The summed E-state index contributed by atoms with van der Waals surface area (Å²) in [4.78, 5) is 15.0. The fourth-order valence-electron chi connectivity index (χ4n) is 4.41. The third kappa shape index (κ3) is 4.59. The molecule has 2 fully saturated rings. The first kappa shape index (κ1) is 20.2. The summed E-state index contributed by atoms with van der Waals surface area (Å²) in [7, 11) is 0. The Bertz CT molecular complexity index is 831. The number of halogens is 1. The molecule has 1 aliphatic heterocycles. The van der Waals surface area contributed by atoms with Crippen molar-refractivity contribution in [1.82, 2.24) is 5.32 Å². The quantitative estimate of drug-likeness (QED) is 0.528. The molecule has 5 heteroatoms. The average Bonchev–Trinajstić information content (AvgIpc) is 3.00. The highest BCUT2D eigenvalue weighted by molar-refractivity contribution is 6.30. The molecule has 1 N–H and O–H groups in total. The fraction of sp³-hybridized carbons (Fsp3) is 0.458. The Kier molecular flexibility index (Phi) is 6.41. The summed E-state index contributed by atoms with van der Waals surface area (Å²) in [5.74, 6) is 0.693. The standard InChI is InChI=1S/C24H29ClN2O2/c1-17-8-6-7-11-21(17)27-22(16-26-19-9-4-2-3-5-10-19)23(24(27)28)29-20-14-12-18(25)13-15-20/h6-8,11-15,19,22-23,26H,2-5,9-10,16H2,1H3/t22-,23+/m1/s1. The van der Waals surface area contributed by atoms with Gasteiger partial charge in [-0.1, -0.05) is 55.5 Å². The molecular formula is C24H29ClN2O2. The van der Waals surface area contributed by atoms with E-state index in [1.54, 1.807) is 12.1 Å². The molecule has 1 saturated heterocycles. The normalized spacial score (nSPS) is 22.8. The molecule has 1 amide bonds. The fourth-order valence-corrected chi connectivity index (χ4v) is 4.53. The molecule has 2 aliphatic rings. The zero-order chi connectivity index (χ0) is 20.2. The molecule has 2 atom stereocenters. The van der Waals surface area contributed by atoms with Crippen molar-refractivity contribution in [2.45, 2.75) is 63.6 Å². The van der Waals surface area contributed by atoms with Crippen LogP contribution in [0.1, 0.15) is 44.1 Å². The Morgan fingerprint density at radius 1 is 1.03 bits per heavy atom. The van der Waals surface area contributed by atoms with Crippen molar-refractivity contribution >= 4 is 23.2 Å². The van der Waals surface area contributed by atoms with Crippen molar-refractivity contribution in [3.63, 3.8) is 0 Å². The van der Waals surface area contributed by atoms with Crippen LogP contribution in [0.15, 0.2) is 48.5 Å². The van der Waals surface area contributed by atoms with Crippen LogP contribution in [0, 0.1) is 6.92 Å². The SMILES string of the molecule is Cc1ccccc1N1C(=O)[C@@H](Oc2ccc(Cl)cc2)[C@H]1CNC1CCCCCC1. The first-order valence-corrected chi connectivity index (χ1v) is 11.1. The molecule has 0 aromatic heterocycles. The van der Waals surface area contributed by atoms with E-state index in [-0.39, 0.29) is 11.9 Å². The number of ether oxygens (including phenoxy) is 1. The summed E-state index contributed by atoms with van der Waals surface area (Å²) in [5, 5.41) is 4.39. The molecule has 2 aromatic rings. The molecule has 0 unspecified atom stereocenters. The van der Waals surface area contributed by atoms with Crippen LogP contribution in [0.25, 0.3) is 0 Å². The molecule has 29 heavy (non-hydrogen) atoms. The van der Waals surface area contributed by atoms with Crippen LogP contribution in [0.5, 0.6) is 5.75 Å². The van der Waals surface area contributed by atoms with Gasteiger partial charge in [-0.25, -0.2) is 0 Å². The number of carbonyl (C=O) groups is 1. The number of amides is 1. The van der Waals surface area contributed by atoms with E-state index in [9.17, 15) is 4.79 Å². The Labute approximate surface area is 178 Å². The zero-order valence-corrected chi connectivity index (χ0v) is 17.7. The molecule has 0 bridgehead atoms. The van der Waals surface area contributed by atoms with Gasteiger partial charge in [0, 0.05) is 23.3 Å². The third-order valence-corrected chi connectivity index (χ3v) is 6.34. The smallest absolute Gasteiger partial charge is 0.270 e. The van der Waals surface area contributed by atoms with Crippen LogP contribution in [0.4, 0.5) is 5.69 Å². The lowest BCUT2D eigenvalue weighted by Crippen LogP contribution is -2.70. The van der Waals surface area contributed by atoms with E-state index in [0.717, 1.165) is 17.8 Å². The first-order valence-electron chi connectivity index (χ1n) is 10.7. The molecule has 154 valence electrons. The second-order valence-corrected chi connectivity index (χ2v) is 8.59. The van der Waals surface area contributed by atoms with Crippen molar-refractivity contribution in [3.05, 3.63) is 59.1 Å². The molecule has 1 saturated carbocycles. The minimum absolute atomic E-state index is 0.0157. The van der Waals surface area contributed by atoms with Gasteiger partial charge in [0.15, 0.2) is 6.10 Å². The third-order valence-electron chi connectivity index (χ3n) is 6.08. The molecule has 1 heterocycles. The minimum atomic E-state index is -0.478. The average molecular weight is 413 g/mol. The number of para-hydroxylation sites is 1. The number of aryl methyl sites for hydroxylation is 1. The minimum Gasteiger partial charge on any atom is -0.478 e. The number of hydrogen-bond acceptors (Lipinski definition) is 3. The summed E-state index contributed by atoms with van der Waals surface area (Å²) in [5.41, 5.74) is 2.08. The molecule has 4 nitrogen and oxygen atoms in total. The van der Waals surface area contributed by atoms with Crippen LogP contribution in [-0.2, 0) is 4.79 Å². The topological polar surface area (TPSA) is 41.6 Å². The van der Waals surface area contributed by atoms with Crippen LogP contribution >= 0.6 is 11.6 Å². The molecule has 4 rings (SSSR count). The number of nitrogens with zero attached hydrogens (tertiary/aromatic N) is 1. The van der Waals surface area contributed by atoms with Gasteiger partial charge in [-0.2, -0.15) is 0 Å². The van der Waals surface area contributed by atoms with Gasteiger partial charge >= 0.3 is 0 Å².